The van der Waals surface area contributed by atoms with Crippen LogP contribution in [0.15, 0.2) is 39.5 Å². The summed E-state index contributed by atoms with van der Waals surface area (Å²) < 4.78 is 5.08. The predicted octanol–water partition coefficient (Wildman–Crippen LogP) is 2.54. The van der Waals surface area contributed by atoms with E-state index in [-0.39, 0.29) is 11.5 Å². The van der Waals surface area contributed by atoms with E-state index >= 15 is 0 Å². The molecule has 1 aromatic heterocycles. The maximum atomic E-state index is 12.0. The lowest BCUT2D eigenvalue weighted by molar-refractivity contribution is -0.117. The van der Waals surface area contributed by atoms with Gasteiger partial charge in [0.2, 0.25) is 5.91 Å². The fourth-order valence-electron chi connectivity index (χ4n) is 2.36. The van der Waals surface area contributed by atoms with Crippen LogP contribution in [0.3, 0.4) is 0 Å². The Morgan fingerprint density at radius 2 is 2.11 bits per heavy atom. The fourth-order valence-corrected chi connectivity index (χ4v) is 2.80. The zero-order valence-electron chi connectivity index (χ0n) is 10.1. The van der Waals surface area contributed by atoms with Crippen molar-refractivity contribution in [3.63, 3.8) is 0 Å². The van der Waals surface area contributed by atoms with Crippen LogP contribution < -0.4 is 10.5 Å². The first kappa shape index (κ1) is 12.4. The van der Waals surface area contributed by atoms with Crippen LogP contribution in [0.4, 0.5) is 5.69 Å². The maximum absolute atomic E-state index is 12.0. The van der Waals surface area contributed by atoms with Gasteiger partial charge in [-0.3, -0.25) is 4.79 Å². The number of alkyl halides is 1. The van der Waals surface area contributed by atoms with Gasteiger partial charge in [0.25, 0.3) is 0 Å². The Bertz CT molecular complexity index is 694. The smallest absolute Gasteiger partial charge is 0.336 e. The molecule has 0 spiro atoms. The lowest BCUT2D eigenvalue weighted by Gasteiger charge is -2.16. The molecule has 1 aliphatic rings. The van der Waals surface area contributed by atoms with Gasteiger partial charge in [0, 0.05) is 35.4 Å². The Morgan fingerprint density at radius 3 is 2.84 bits per heavy atom. The van der Waals surface area contributed by atoms with E-state index in [0.717, 1.165) is 22.9 Å². The van der Waals surface area contributed by atoms with Crippen LogP contribution in [-0.2, 0) is 4.79 Å². The highest BCUT2D eigenvalue weighted by Gasteiger charge is 2.29. The van der Waals surface area contributed by atoms with Crippen LogP contribution in [0.5, 0.6) is 0 Å². The Kier molecular flexibility index (Phi) is 3.14. The summed E-state index contributed by atoms with van der Waals surface area (Å²) in [5.41, 5.74) is 1.03. The number of benzene rings is 1. The van der Waals surface area contributed by atoms with E-state index in [9.17, 15) is 9.59 Å². The minimum absolute atomic E-state index is 0.140. The van der Waals surface area contributed by atoms with Crippen molar-refractivity contribution < 1.29 is 9.21 Å². The van der Waals surface area contributed by atoms with E-state index in [4.69, 9.17) is 4.42 Å². The average Bonchev–Trinajstić information content (AvgIpc) is 2.79. The summed E-state index contributed by atoms with van der Waals surface area (Å²) in [6, 6.07) is 8.54. The SMILES string of the molecule is O=C1CC(CBr)CN1c1ccc2oc(=O)ccc2c1. The third-order valence-corrected chi connectivity index (χ3v) is 4.25. The predicted molar refractivity (Wildman–Crippen MR) is 76.7 cm³/mol. The zero-order valence-corrected chi connectivity index (χ0v) is 11.7. The molecule has 2 heterocycles. The van der Waals surface area contributed by atoms with Crippen molar-refractivity contribution in [2.75, 3.05) is 16.8 Å². The summed E-state index contributed by atoms with van der Waals surface area (Å²) in [7, 11) is 0. The molecule has 0 N–H and O–H groups in total. The molecule has 2 aromatic rings. The van der Waals surface area contributed by atoms with Crippen molar-refractivity contribution >= 4 is 38.5 Å². The van der Waals surface area contributed by atoms with Gasteiger partial charge < -0.3 is 9.32 Å². The number of amides is 1. The monoisotopic (exact) mass is 321 g/mol. The first-order chi connectivity index (χ1) is 9.17. The van der Waals surface area contributed by atoms with Gasteiger partial charge in [0.1, 0.15) is 5.58 Å². The van der Waals surface area contributed by atoms with Crippen LogP contribution >= 0.6 is 15.9 Å². The highest BCUT2D eigenvalue weighted by Crippen LogP contribution is 2.28. The minimum Gasteiger partial charge on any atom is -0.423 e. The Labute approximate surface area is 118 Å². The first-order valence-corrected chi connectivity index (χ1v) is 7.20. The summed E-state index contributed by atoms with van der Waals surface area (Å²) in [6.45, 7) is 0.729. The lowest BCUT2D eigenvalue weighted by Crippen LogP contribution is -2.24. The molecule has 19 heavy (non-hydrogen) atoms. The summed E-state index contributed by atoms with van der Waals surface area (Å²) in [5, 5.41) is 1.66. The summed E-state index contributed by atoms with van der Waals surface area (Å²) >= 11 is 3.42. The highest BCUT2D eigenvalue weighted by atomic mass is 79.9. The van der Waals surface area contributed by atoms with E-state index in [1.807, 2.05) is 12.1 Å². The summed E-state index contributed by atoms with van der Waals surface area (Å²) in [5.74, 6) is 0.498. The minimum atomic E-state index is -0.364. The number of fused-ring (bicyclic) bond motifs is 1. The molecule has 1 unspecified atom stereocenters. The second-order valence-corrected chi connectivity index (χ2v) is 5.35. The molecule has 0 aliphatic carbocycles. The molecular formula is C14H12BrNO3. The van der Waals surface area contributed by atoms with Gasteiger partial charge in [-0.1, -0.05) is 15.9 Å². The number of carbonyl (C=O) groups is 1. The fraction of sp³-hybridized carbons (Fsp3) is 0.286. The molecule has 1 aromatic carbocycles. The van der Waals surface area contributed by atoms with Crippen molar-refractivity contribution in [3.8, 4) is 0 Å². The van der Waals surface area contributed by atoms with Crippen LogP contribution in [-0.4, -0.2) is 17.8 Å². The van der Waals surface area contributed by atoms with Gasteiger partial charge in [-0.15, -0.1) is 0 Å². The topological polar surface area (TPSA) is 50.5 Å². The second kappa shape index (κ2) is 4.81. The molecule has 4 nitrogen and oxygen atoms in total. The molecule has 5 heteroatoms. The van der Waals surface area contributed by atoms with Gasteiger partial charge >= 0.3 is 5.63 Å². The van der Waals surface area contributed by atoms with Crippen LogP contribution in [0.25, 0.3) is 11.0 Å². The molecule has 1 aliphatic heterocycles. The Balaban J connectivity index is 2.00. The van der Waals surface area contributed by atoms with Crippen LogP contribution in [0.1, 0.15) is 6.42 Å². The van der Waals surface area contributed by atoms with Crippen molar-refractivity contribution in [1.82, 2.24) is 0 Å². The van der Waals surface area contributed by atoms with E-state index in [2.05, 4.69) is 15.9 Å². The third kappa shape index (κ3) is 2.30. The maximum Gasteiger partial charge on any atom is 0.336 e. The van der Waals surface area contributed by atoms with Gasteiger partial charge in [-0.25, -0.2) is 4.79 Å². The van der Waals surface area contributed by atoms with Crippen molar-refractivity contribution in [3.05, 3.63) is 40.8 Å². The number of carbonyl (C=O) groups excluding carboxylic acids is 1. The number of anilines is 1. The standard InChI is InChI=1S/C14H12BrNO3/c15-7-9-5-13(17)16(8-9)11-2-3-12-10(6-11)1-4-14(18)19-12/h1-4,6,9H,5,7-8H2. The van der Waals surface area contributed by atoms with Crippen molar-refractivity contribution in [1.29, 1.82) is 0 Å². The lowest BCUT2D eigenvalue weighted by atomic mass is 10.1. The molecule has 1 fully saturated rings. The van der Waals surface area contributed by atoms with Gasteiger partial charge in [0.15, 0.2) is 0 Å². The molecule has 1 atom stereocenters. The largest absolute Gasteiger partial charge is 0.423 e. The summed E-state index contributed by atoms with van der Waals surface area (Å²) in [6.07, 6.45) is 0.577. The number of hydrogen-bond acceptors (Lipinski definition) is 3. The van der Waals surface area contributed by atoms with Crippen LogP contribution in [0, 0.1) is 5.92 Å². The van der Waals surface area contributed by atoms with E-state index in [1.54, 1.807) is 17.0 Å². The molecule has 3 rings (SSSR count). The average molecular weight is 322 g/mol. The first-order valence-electron chi connectivity index (χ1n) is 6.07. The quantitative estimate of drug-likeness (QED) is 0.631. The normalized spacial score (nSPS) is 19.3. The van der Waals surface area contributed by atoms with Gasteiger partial charge in [-0.05, 0) is 30.2 Å². The zero-order chi connectivity index (χ0) is 13.4. The number of hydrogen-bond donors (Lipinski definition) is 0. The van der Waals surface area contributed by atoms with E-state index in [1.165, 1.54) is 6.07 Å². The second-order valence-electron chi connectivity index (χ2n) is 4.71. The Hall–Kier alpha value is -1.62. The third-order valence-electron chi connectivity index (χ3n) is 3.34. The van der Waals surface area contributed by atoms with Gasteiger partial charge in [-0.2, -0.15) is 0 Å². The molecular weight excluding hydrogens is 310 g/mol. The van der Waals surface area contributed by atoms with Crippen LogP contribution in [0.2, 0.25) is 0 Å². The number of halogens is 1. The van der Waals surface area contributed by atoms with Crippen molar-refractivity contribution in [2.24, 2.45) is 5.92 Å². The number of nitrogens with zero attached hydrogens (tertiary/aromatic N) is 1. The summed E-state index contributed by atoms with van der Waals surface area (Å²) in [4.78, 5) is 24.9. The van der Waals surface area contributed by atoms with Gasteiger partial charge in [0.05, 0.1) is 0 Å². The van der Waals surface area contributed by atoms with Crippen molar-refractivity contribution in [2.45, 2.75) is 6.42 Å². The molecule has 1 amide bonds. The highest BCUT2D eigenvalue weighted by molar-refractivity contribution is 9.09. The molecule has 0 saturated carbocycles. The van der Waals surface area contributed by atoms with E-state index < -0.39 is 0 Å². The number of rotatable bonds is 2. The molecule has 0 bridgehead atoms. The molecule has 1 saturated heterocycles. The molecule has 0 radical (unpaired) electrons. The molecule has 98 valence electrons. The Morgan fingerprint density at radius 1 is 1.26 bits per heavy atom. The van der Waals surface area contributed by atoms with E-state index in [0.29, 0.717) is 17.9 Å².